The summed E-state index contributed by atoms with van der Waals surface area (Å²) in [6.45, 7) is 21.7. The highest BCUT2D eigenvalue weighted by Crippen LogP contribution is 2.61. The maximum atomic E-state index is 11.6. The topological polar surface area (TPSA) is 55.5 Å². The van der Waals surface area contributed by atoms with E-state index in [1.54, 1.807) is 0 Å². The molecule has 3 unspecified atom stereocenters. The Balaban J connectivity index is 1.77. The van der Waals surface area contributed by atoms with E-state index in [1.165, 1.54) is 12.0 Å². The first-order valence-electron chi connectivity index (χ1n) is 12.5. The fourth-order valence-electron chi connectivity index (χ4n) is 6.95. The molecule has 0 radical (unpaired) electrons. The first-order valence-corrected chi connectivity index (χ1v) is 15.4. The summed E-state index contributed by atoms with van der Waals surface area (Å²) in [5.74, 6) is 1.31. The lowest BCUT2D eigenvalue weighted by Gasteiger charge is -2.56. The van der Waals surface area contributed by atoms with Crippen LogP contribution in [0.15, 0.2) is 12.2 Å². The number of aliphatic hydroxyl groups is 1. The van der Waals surface area contributed by atoms with Gasteiger partial charge in [0.05, 0.1) is 6.10 Å². The van der Waals surface area contributed by atoms with Crippen molar-refractivity contribution in [2.75, 3.05) is 6.54 Å². The molecule has 3 fully saturated rings. The highest BCUT2D eigenvalue weighted by atomic mass is 28.4. The molecule has 3 aliphatic carbocycles. The number of rotatable bonds is 5. The molecular formula is C26H49NO2Si. The van der Waals surface area contributed by atoms with Crippen LogP contribution in [0.25, 0.3) is 0 Å². The van der Waals surface area contributed by atoms with Crippen molar-refractivity contribution in [2.24, 2.45) is 34.3 Å². The van der Waals surface area contributed by atoms with Crippen molar-refractivity contribution in [1.29, 1.82) is 0 Å². The summed E-state index contributed by atoms with van der Waals surface area (Å²) in [6.07, 6.45) is 9.11. The number of aliphatic hydroxyl groups excluding tert-OH is 1. The smallest absolute Gasteiger partial charge is 0.192 e. The molecule has 7 atom stereocenters. The highest BCUT2D eigenvalue weighted by Gasteiger charge is 2.56. The molecule has 0 saturated heterocycles. The molecule has 3 N–H and O–H groups in total. The Labute approximate surface area is 187 Å². The SMILES string of the molecule is C=C1CCC2[C@H](O)C([C@@]3(C)CCC(O[Si](C)(C)C(C)(C)C)C[C@@H]3CCN)CC[C@]12C. The molecule has 0 heterocycles. The van der Waals surface area contributed by atoms with Crippen molar-refractivity contribution in [3.8, 4) is 0 Å². The van der Waals surface area contributed by atoms with Crippen LogP contribution in [0, 0.1) is 28.6 Å². The van der Waals surface area contributed by atoms with Gasteiger partial charge in [-0.05, 0) is 105 Å². The third-order valence-electron chi connectivity index (χ3n) is 10.3. The summed E-state index contributed by atoms with van der Waals surface area (Å²) in [5, 5.41) is 11.8. The number of allylic oxidation sites excluding steroid dienone is 1. The summed E-state index contributed by atoms with van der Waals surface area (Å²) < 4.78 is 6.85. The van der Waals surface area contributed by atoms with Crippen LogP contribution in [0.2, 0.25) is 18.1 Å². The van der Waals surface area contributed by atoms with E-state index in [2.05, 4.69) is 54.3 Å². The van der Waals surface area contributed by atoms with Crippen molar-refractivity contribution in [3.63, 3.8) is 0 Å². The van der Waals surface area contributed by atoms with Crippen molar-refractivity contribution in [2.45, 2.75) is 116 Å². The number of hydrogen-bond acceptors (Lipinski definition) is 3. The minimum atomic E-state index is -1.77. The Bertz CT molecular complexity index is 641. The third kappa shape index (κ3) is 4.11. The van der Waals surface area contributed by atoms with Gasteiger partial charge in [0, 0.05) is 6.10 Å². The minimum absolute atomic E-state index is 0.151. The lowest BCUT2D eigenvalue weighted by molar-refractivity contribution is -0.118. The zero-order valence-electron chi connectivity index (χ0n) is 20.9. The van der Waals surface area contributed by atoms with E-state index in [9.17, 15) is 5.11 Å². The molecule has 4 heteroatoms. The Morgan fingerprint density at radius 1 is 1.13 bits per heavy atom. The molecule has 3 rings (SSSR count). The second kappa shape index (κ2) is 8.32. The molecule has 0 spiro atoms. The average Bonchev–Trinajstić information content (AvgIpc) is 2.93. The molecule has 30 heavy (non-hydrogen) atoms. The maximum Gasteiger partial charge on any atom is 0.192 e. The first kappa shape index (κ1) is 24.5. The van der Waals surface area contributed by atoms with E-state index >= 15 is 0 Å². The Morgan fingerprint density at radius 3 is 2.40 bits per heavy atom. The summed E-state index contributed by atoms with van der Waals surface area (Å²) in [6, 6.07) is 0. The van der Waals surface area contributed by atoms with Crippen LogP contribution >= 0.6 is 0 Å². The summed E-state index contributed by atoms with van der Waals surface area (Å²) in [7, 11) is -1.77. The predicted octanol–water partition coefficient (Wildman–Crippen LogP) is 6.28. The number of nitrogens with two attached hydrogens (primary N) is 1. The maximum absolute atomic E-state index is 11.6. The molecule has 0 aliphatic heterocycles. The van der Waals surface area contributed by atoms with Gasteiger partial charge in [0.2, 0.25) is 0 Å². The molecule has 0 aromatic heterocycles. The number of fused-ring (bicyclic) bond motifs is 1. The molecule has 3 aliphatic rings. The molecule has 0 aromatic rings. The van der Waals surface area contributed by atoms with Crippen molar-refractivity contribution in [1.82, 2.24) is 0 Å². The van der Waals surface area contributed by atoms with Crippen molar-refractivity contribution in [3.05, 3.63) is 12.2 Å². The number of hydrogen-bond donors (Lipinski definition) is 2. The van der Waals surface area contributed by atoms with E-state index in [4.69, 9.17) is 10.2 Å². The Kier molecular flexibility index (Phi) is 6.79. The van der Waals surface area contributed by atoms with E-state index in [1.807, 2.05) is 0 Å². The second-order valence-corrected chi connectivity index (χ2v) is 17.6. The van der Waals surface area contributed by atoms with Crippen LogP contribution in [-0.4, -0.2) is 32.2 Å². The summed E-state index contributed by atoms with van der Waals surface area (Å²) >= 11 is 0. The van der Waals surface area contributed by atoms with Crippen LogP contribution in [-0.2, 0) is 4.43 Å². The summed E-state index contributed by atoms with van der Waals surface area (Å²) in [4.78, 5) is 0. The third-order valence-corrected chi connectivity index (χ3v) is 14.8. The van der Waals surface area contributed by atoms with Gasteiger partial charge in [-0.25, -0.2) is 0 Å². The summed E-state index contributed by atoms with van der Waals surface area (Å²) in [5.41, 5.74) is 7.80. The Hall–Kier alpha value is -0.163. The first-order chi connectivity index (χ1) is 13.8. The van der Waals surface area contributed by atoms with Crippen LogP contribution in [0.3, 0.4) is 0 Å². The molecule has 174 valence electrons. The largest absolute Gasteiger partial charge is 0.414 e. The van der Waals surface area contributed by atoms with Crippen molar-refractivity contribution >= 4 is 8.32 Å². The van der Waals surface area contributed by atoms with E-state index in [0.717, 1.165) is 51.5 Å². The van der Waals surface area contributed by atoms with Crippen molar-refractivity contribution < 1.29 is 9.53 Å². The van der Waals surface area contributed by atoms with Gasteiger partial charge in [-0.2, -0.15) is 0 Å². The van der Waals surface area contributed by atoms with E-state index in [-0.39, 0.29) is 22.0 Å². The van der Waals surface area contributed by atoms with Crippen LogP contribution in [0.5, 0.6) is 0 Å². The van der Waals surface area contributed by atoms with Gasteiger partial charge in [-0.3, -0.25) is 0 Å². The van der Waals surface area contributed by atoms with Gasteiger partial charge >= 0.3 is 0 Å². The minimum Gasteiger partial charge on any atom is -0.414 e. The fraction of sp³-hybridized carbons (Fsp3) is 0.923. The monoisotopic (exact) mass is 435 g/mol. The molecule has 0 bridgehead atoms. The van der Waals surface area contributed by atoms with Crippen LogP contribution in [0.4, 0.5) is 0 Å². The fourth-order valence-corrected chi connectivity index (χ4v) is 8.35. The van der Waals surface area contributed by atoms with Gasteiger partial charge < -0.3 is 15.3 Å². The quantitative estimate of drug-likeness (QED) is 0.395. The standard InChI is InChI=1S/C26H49NO2Si/c1-18-9-10-21-23(28)22(12-15-25(18,21)5)26(6)14-11-20(17-19(26)13-16-27)29-30(7,8)24(2,3)4/h19-23,28H,1,9-17,27H2,2-8H3/t19-,20?,21?,22?,23-,25+,26-/m0/s1. The molecule has 3 nitrogen and oxygen atoms in total. The van der Waals surface area contributed by atoms with Gasteiger partial charge in [-0.1, -0.05) is 46.8 Å². The highest BCUT2D eigenvalue weighted by molar-refractivity contribution is 6.74. The molecule has 3 saturated carbocycles. The average molecular weight is 436 g/mol. The van der Waals surface area contributed by atoms with Crippen LogP contribution < -0.4 is 5.73 Å². The zero-order valence-corrected chi connectivity index (χ0v) is 21.9. The van der Waals surface area contributed by atoms with Gasteiger partial charge in [0.1, 0.15) is 0 Å². The van der Waals surface area contributed by atoms with Gasteiger partial charge in [-0.15, -0.1) is 0 Å². The molecular weight excluding hydrogens is 386 g/mol. The predicted molar refractivity (Wildman–Crippen MR) is 130 cm³/mol. The van der Waals surface area contributed by atoms with Gasteiger partial charge in [0.25, 0.3) is 0 Å². The lowest BCUT2D eigenvalue weighted by atomic mass is 9.51. The second-order valence-electron chi connectivity index (χ2n) is 12.9. The Morgan fingerprint density at radius 2 is 1.80 bits per heavy atom. The zero-order chi connectivity index (χ0) is 22.5. The molecule has 0 aromatic carbocycles. The normalized spacial score (nSPS) is 43.0. The van der Waals surface area contributed by atoms with Crippen LogP contribution in [0.1, 0.15) is 86.0 Å². The van der Waals surface area contributed by atoms with Gasteiger partial charge in [0.15, 0.2) is 8.32 Å². The lowest BCUT2D eigenvalue weighted by Crippen LogP contribution is -2.54. The van der Waals surface area contributed by atoms with E-state index in [0.29, 0.717) is 23.9 Å². The van der Waals surface area contributed by atoms with E-state index < -0.39 is 8.32 Å². The molecule has 0 amide bonds.